The topological polar surface area (TPSA) is 176 Å². The third-order valence-electron chi connectivity index (χ3n) is 15.1. The summed E-state index contributed by atoms with van der Waals surface area (Å²) in [5.74, 6) is -9.55. The van der Waals surface area contributed by atoms with E-state index in [1.54, 1.807) is 59.4 Å². The molecule has 8 heterocycles. The van der Waals surface area contributed by atoms with E-state index >= 15 is 17.6 Å². The number of pyridine rings is 2. The van der Waals surface area contributed by atoms with Crippen molar-refractivity contribution < 1.29 is 46.8 Å². The van der Waals surface area contributed by atoms with E-state index in [0.717, 1.165) is 47.7 Å². The number of aromatic hydroxyl groups is 2. The van der Waals surface area contributed by atoms with Gasteiger partial charge in [-0.1, -0.05) is 12.2 Å². The monoisotopic (exact) mass is 1020 g/mol. The van der Waals surface area contributed by atoms with Crippen molar-refractivity contribution in [3.63, 3.8) is 0 Å². The molecule has 2 spiro atoms. The summed E-state index contributed by atoms with van der Waals surface area (Å²) in [5.41, 5.74) is -2.97. The Labute approximate surface area is 414 Å². The van der Waals surface area contributed by atoms with Crippen LogP contribution in [0.25, 0.3) is 0 Å². The zero-order chi connectivity index (χ0) is 50.1. The smallest absolute Gasteiger partial charge is 0.278 e. The summed E-state index contributed by atoms with van der Waals surface area (Å²) in [5, 5.41) is 26.1. The van der Waals surface area contributed by atoms with E-state index in [0.29, 0.717) is 33.7 Å². The highest BCUT2D eigenvalue weighted by Gasteiger charge is 2.55. The molecule has 0 radical (unpaired) electrons. The van der Waals surface area contributed by atoms with E-state index in [9.17, 15) is 29.4 Å². The predicted octanol–water partition coefficient (Wildman–Crippen LogP) is 6.93. The fourth-order valence-electron chi connectivity index (χ4n) is 11.3. The average Bonchev–Trinajstić information content (AvgIpc) is 3.95. The standard InChI is InChI=1S/C50H42F4N8O8S2/c1-25-21-55-71-45(25)37-28-6-7-31(51)35(53)43(28)69-17-5-13-50(58-24-61(37)59-14-8-33(64)42(66)40(59)48(58)68)19-27(20-50)29-18-30-38(46-26(2)22-56-72-46)62-23-57(47(67)39-41(65)32(63)9-15-60(39)62)49(10-3-11-49)12-4-16-70-44(30)36(54)34(29)52/h4-9,12-15,18,21-22,27,37-38,65-66H,3,10-11,16-17,19-20,23-24H2,1-2H3/b12-4-,13-5-/t27?,37-,38+,50?/m0/s1. The number of carbonyl (C=O) groups is 2. The number of hydrogen-bond acceptors (Lipinski definition) is 14. The van der Waals surface area contributed by atoms with Crippen molar-refractivity contribution in [2.24, 2.45) is 0 Å². The molecule has 2 saturated carbocycles. The number of fused-ring (bicyclic) bond motifs is 12. The molecule has 4 bridgehead atoms. The van der Waals surface area contributed by atoms with Crippen molar-refractivity contribution in [2.45, 2.75) is 75.0 Å². The second-order valence-electron chi connectivity index (χ2n) is 19.0. The van der Waals surface area contributed by atoms with Gasteiger partial charge in [0, 0.05) is 48.0 Å². The van der Waals surface area contributed by atoms with Crippen molar-refractivity contribution in [1.29, 1.82) is 0 Å². The number of carbonyl (C=O) groups excluding carboxylic acids is 2. The highest BCUT2D eigenvalue weighted by Crippen LogP contribution is 2.55. The van der Waals surface area contributed by atoms with Gasteiger partial charge < -0.3 is 29.5 Å². The first-order chi connectivity index (χ1) is 34.6. The molecule has 16 nitrogen and oxygen atoms in total. The number of rotatable bonds is 3. The molecule has 2 fully saturated rings. The van der Waals surface area contributed by atoms with Gasteiger partial charge in [-0.25, -0.2) is 17.5 Å². The van der Waals surface area contributed by atoms with E-state index < -0.39 is 104 Å². The van der Waals surface area contributed by atoms with Crippen molar-refractivity contribution >= 4 is 34.9 Å². The van der Waals surface area contributed by atoms with Crippen LogP contribution >= 0.6 is 23.1 Å². The van der Waals surface area contributed by atoms with Crippen molar-refractivity contribution in [3.8, 4) is 23.0 Å². The summed E-state index contributed by atoms with van der Waals surface area (Å²) in [4.78, 5) is 59.8. The third-order valence-corrected chi connectivity index (χ3v) is 17.0. The van der Waals surface area contributed by atoms with Gasteiger partial charge in [0.15, 0.2) is 46.0 Å². The number of aromatic nitrogens is 4. The minimum absolute atomic E-state index is 0.0453. The first kappa shape index (κ1) is 45.7. The molecule has 2 atom stereocenters. The number of halogens is 4. The molecule has 6 aromatic rings. The molecule has 2 amide bonds. The first-order valence-corrected chi connectivity index (χ1v) is 24.7. The van der Waals surface area contributed by atoms with Crippen molar-refractivity contribution in [1.82, 2.24) is 27.9 Å². The van der Waals surface area contributed by atoms with E-state index in [2.05, 4.69) is 8.75 Å². The van der Waals surface area contributed by atoms with Crippen molar-refractivity contribution in [2.75, 3.05) is 36.6 Å². The van der Waals surface area contributed by atoms with Crippen LogP contribution in [0.2, 0.25) is 0 Å². The van der Waals surface area contributed by atoms with Crippen LogP contribution in [0.5, 0.6) is 23.0 Å². The summed E-state index contributed by atoms with van der Waals surface area (Å²) in [6.07, 6.45) is 14.3. The Morgan fingerprint density at radius 3 is 1.68 bits per heavy atom. The summed E-state index contributed by atoms with van der Waals surface area (Å²) < 4.78 is 89.3. The van der Waals surface area contributed by atoms with Gasteiger partial charge in [-0.3, -0.25) is 38.5 Å². The SMILES string of the molecule is Cc1cnsc1[C@H]1c2cc(C3CC4(/C=C\COc5c(ccc(F)c5F)[C@@H](c5sncc5C)N5CN4C(=O)c4c(O)c(=O)ccn45)C3)c(F)c(F)c2OC/C=C\C2(CCC2)N2CN1n1ccc(=O)c(O)c1C2=O. The van der Waals surface area contributed by atoms with E-state index in [4.69, 9.17) is 9.47 Å². The molecule has 4 aromatic heterocycles. The molecule has 0 unspecified atom stereocenters. The van der Waals surface area contributed by atoms with Gasteiger partial charge >= 0.3 is 0 Å². The Bertz CT molecular complexity index is 3490. The molecule has 4 aliphatic heterocycles. The maximum Gasteiger partial charge on any atom is 0.278 e. The zero-order valence-corrected chi connectivity index (χ0v) is 40.0. The lowest BCUT2D eigenvalue weighted by Gasteiger charge is -2.56. The first-order valence-electron chi connectivity index (χ1n) is 23.1. The van der Waals surface area contributed by atoms with Gasteiger partial charge in [0.2, 0.25) is 22.5 Å². The molecule has 72 heavy (non-hydrogen) atoms. The van der Waals surface area contributed by atoms with Crippen LogP contribution in [0.4, 0.5) is 17.6 Å². The molecule has 370 valence electrons. The third kappa shape index (κ3) is 6.59. The maximum absolute atomic E-state index is 17.3. The molecule has 12 rings (SSSR count). The van der Waals surface area contributed by atoms with Crippen LogP contribution in [0.15, 0.2) is 89.0 Å². The Balaban J connectivity index is 1.01. The van der Waals surface area contributed by atoms with E-state index in [-0.39, 0.29) is 61.8 Å². The minimum atomic E-state index is -1.34. The Hall–Kier alpha value is -7.46. The van der Waals surface area contributed by atoms with Gasteiger partial charge in [0.05, 0.1) is 20.8 Å². The number of benzene rings is 2. The second-order valence-corrected chi connectivity index (χ2v) is 20.7. The van der Waals surface area contributed by atoms with Crippen LogP contribution in [-0.4, -0.2) is 87.6 Å². The average molecular weight is 1020 g/mol. The fraction of sp³-hybridized carbons (Fsp3) is 0.320. The molecule has 2 aliphatic carbocycles. The summed E-state index contributed by atoms with van der Waals surface area (Å²) in [6, 6.07) is 3.93. The Morgan fingerprint density at radius 1 is 0.653 bits per heavy atom. The summed E-state index contributed by atoms with van der Waals surface area (Å²) in [7, 11) is 0. The normalized spacial score (nSPS) is 23.8. The minimum Gasteiger partial charge on any atom is -0.502 e. The van der Waals surface area contributed by atoms with Crippen LogP contribution in [0, 0.1) is 37.1 Å². The number of nitrogens with zero attached hydrogens (tertiary/aromatic N) is 8. The van der Waals surface area contributed by atoms with Crippen LogP contribution in [0.3, 0.4) is 0 Å². The predicted molar refractivity (Wildman–Crippen MR) is 254 cm³/mol. The van der Waals surface area contributed by atoms with Gasteiger partial charge in [-0.2, -0.15) is 8.78 Å². The number of ether oxygens (including phenoxy) is 2. The highest BCUT2D eigenvalue weighted by atomic mass is 32.1. The number of hydrogen-bond donors (Lipinski definition) is 2. The lowest BCUT2D eigenvalue weighted by molar-refractivity contribution is 0.0175. The molecule has 22 heteroatoms. The molecular formula is C50H42F4N8O8S2. The molecule has 2 aromatic carbocycles. The molecule has 2 N–H and O–H groups in total. The van der Waals surface area contributed by atoms with Gasteiger partial charge in [0.25, 0.3) is 11.8 Å². The summed E-state index contributed by atoms with van der Waals surface area (Å²) >= 11 is 2.16. The van der Waals surface area contributed by atoms with Crippen LogP contribution in [0.1, 0.15) is 109 Å². The number of amides is 2. The quantitative estimate of drug-likeness (QED) is 0.139. The van der Waals surface area contributed by atoms with Gasteiger partial charge in [0.1, 0.15) is 38.6 Å². The lowest BCUT2D eigenvalue weighted by Crippen LogP contribution is -2.65. The van der Waals surface area contributed by atoms with Crippen LogP contribution in [-0.2, 0) is 0 Å². The molecule has 6 aliphatic rings. The Morgan fingerprint density at radius 2 is 1.17 bits per heavy atom. The van der Waals surface area contributed by atoms with E-state index in [1.165, 1.54) is 44.9 Å². The molecular weight excluding hydrogens is 981 g/mol. The van der Waals surface area contributed by atoms with Crippen LogP contribution < -0.4 is 30.3 Å². The van der Waals surface area contributed by atoms with Crippen molar-refractivity contribution in [3.05, 3.63) is 172 Å². The van der Waals surface area contributed by atoms with Gasteiger partial charge in [-0.05, 0) is 122 Å². The fourth-order valence-corrected chi connectivity index (χ4v) is 13.0. The van der Waals surface area contributed by atoms with Gasteiger partial charge in [-0.15, -0.1) is 0 Å². The maximum atomic E-state index is 17.3. The Kier molecular flexibility index (Phi) is 10.5. The highest BCUT2D eigenvalue weighted by molar-refractivity contribution is 7.06. The lowest BCUT2D eigenvalue weighted by atomic mass is 9.64. The summed E-state index contributed by atoms with van der Waals surface area (Å²) in [6.45, 7) is 2.68. The van der Waals surface area contributed by atoms with E-state index in [1.807, 2.05) is 0 Å². The molecule has 0 saturated heterocycles. The largest absolute Gasteiger partial charge is 0.502 e. The zero-order valence-electron chi connectivity index (χ0n) is 38.4. The second kappa shape index (κ2) is 16.6. The number of aryl methyl sites for hydroxylation is 2.